The zero-order valence-corrected chi connectivity index (χ0v) is 12.4. The highest BCUT2D eigenvalue weighted by molar-refractivity contribution is 9.10. The highest BCUT2D eigenvalue weighted by Gasteiger charge is 2.23. The molecule has 1 aromatic heterocycles. The molecule has 0 radical (unpaired) electrons. The Balaban J connectivity index is 2.84. The Bertz CT molecular complexity index is 377. The van der Waals surface area contributed by atoms with Gasteiger partial charge in [-0.25, -0.2) is 0 Å². The lowest BCUT2D eigenvalue weighted by molar-refractivity contribution is -0.00826. The Morgan fingerprint density at radius 3 is 2.35 bits per heavy atom. The van der Waals surface area contributed by atoms with Gasteiger partial charge in [-0.2, -0.15) is 5.10 Å². The van der Waals surface area contributed by atoms with Gasteiger partial charge in [0.1, 0.15) is 0 Å². The third-order valence-electron chi connectivity index (χ3n) is 2.98. The molecule has 0 aliphatic rings. The van der Waals surface area contributed by atoms with E-state index in [0.717, 1.165) is 22.3 Å². The molecular formula is C12H21BrN2O2. The van der Waals surface area contributed by atoms with Crippen molar-refractivity contribution >= 4 is 15.9 Å². The number of rotatable bonds is 5. The van der Waals surface area contributed by atoms with Crippen LogP contribution in [0.4, 0.5) is 0 Å². The molecule has 0 saturated heterocycles. The van der Waals surface area contributed by atoms with Gasteiger partial charge >= 0.3 is 0 Å². The van der Waals surface area contributed by atoms with Crippen molar-refractivity contribution in [2.24, 2.45) is 13.0 Å². The van der Waals surface area contributed by atoms with Crippen LogP contribution in [0.1, 0.15) is 32.2 Å². The molecule has 0 spiro atoms. The molecule has 0 amide bonds. The molecule has 0 aliphatic carbocycles. The molecule has 98 valence electrons. The summed E-state index contributed by atoms with van der Waals surface area (Å²) >= 11 is 3.50. The number of aliphatic hydroxyl groups excluding tert-OH is 2. The largest absolute Gasteiger partial charge is 0.390 e. The van der Waals surface area contributed by atoms with E-state index in [9.17, 15) is 10.2 Å². The van der Waals surface area contributed by atoms with E-state index in [-0.39, 0.29) is 5.92 Å². The zero-order chi connectivity index (χ0) is 13.2. The molecule has 2 atom stereocenters. The van der Waals surface area contributed by atoms with Crippen LogP contribution in [0, 0.1) is 5.92 Å². The highest BCUT2D eigenvalue weighted by Crippen LogP contribution is 2.24. The summed E-state index contributed by atoms with van der Waals surface area (Å²) in [6.45, 7) is 5.82. The lowest BCUT2D eigenvalue weighted by atomic mass is 9.98. The first kappa shape index (κ1) is 14.7. The van der Waals surface area contributed by atoms with E-state index in [1.54, 1.807) is 4.68 Å². The molecule has 1 rings (SSSR count). The average molecular weight is 305 g/mol. The minimum atomic E-state index is -0.758. The fraction of sp³-hybridized carbons (Fsp3) is 0.750. The maximum absolute atomic E-state index is 9.96. The standard InChI is InChI=1S/C12H21BrN2O2/c1-5-8-11(13)9(15(4)14-8)6-10(16)12(17)7(2)3/h7,10,12,16-17H,5-6H2,1-4H3. The molecule has 2 N–H and O–H groups in total. The van der Waals surface area contributed by atoms with E-state index >= 15 is 0 Å². The van der Waals surface area contributed by atoms with Gasteiger partial charge in [-0.1, -0.05) is 20.8 Å². The summed E-state index contributed by atoms with van der Waals surface area (Å²) in [5, 5.41) is 24.1. The maximum Gasteiger partial charge on any atom is 0.0857 e. The first-order chi connectivity index (χ1) is 7.88. The normalized spacial score (nSPS) is 15.3. The molecular weight excluding hydrogens is 284 g/mol. The van der Waals surface area contributed by atoms with Gasteiger partial charge in [-0.05, 0) is 28.3 Å². The van der Waals surface area contributed by atoms with Crippen molar-refractivity contribution in [3.63, 3.8) is 0 Å². The molecule has 0 bridgehead atoms. The number of aromatic nitrogens is 2. The molecule has 1 heterocycles. The van der Waals surface area contributed by atoms with Crippen LogP contribution in [0.5, 0.6) is 0 Å². The van der Waals surface area contributed by atoms with Gasteiger partial charge in [0.2, 0.25) is 0 Å². The number of hydrogen-bond donors (Lipinski definition) is 2. The number of aliphatic hydroxyl groups is 2. The van der Waals surface area contributed by atoms with Crippen LogP contribution < -0.4 is 0 Å². The van der Waals surface area contributed by atoms with E-state index in [1.807, 2.05) is 27.8 Å². The van der Waals surface area contributed by atoms with Crippen LogP contribution in [0.2, 0.25) is 0 Å². The summed E-state index contributed by atoms with van der Waals surface area (Å²) < 4.78 is 2.71. The number of halogens is 1. The van der Waals surface area contributed by atoms with E-state index < -0.39 is 12.2 Å². The van der Waals surface area contributed by atoms with Crippen LogP contribution in [0.25, 0.3) is 0 Å². The molecule has 5 heteroatoms. The Hall–Kier alpha value is -0.390. The first-order valence-electron chi connectivity index (χ1n) is 5.94. The minimum Gasteiger partial charge on any atom is -0.390 e. The van der Waals surface area contributed by atoms with Gasteiger partial charge < -0.3 is 10.2 Å². The van der Waals surface area contributed by atoms with Crippen molar-refractivity contribution in [1.82, 2.24) is 9.78 Å². The second-order valence-electron chi connectivity index (χ2n) is 4.69. The van der Waals surface area contributed by atoms with Gasteiger partial charge in [-0.15, -0.1) is 0 Å². The van der Waals surface area contributed by atoms with E-state index in [1.165, 1.54) is 0 Å². The summed E-state index contributed by atoms with van der Waals surface area (Å²) in [7, 11) is 1.85. The van der Waals surface area contributed by atoms with Crippen molar-refractivity contribution in [3.05, 3.63) is 15.9 Å². The fourth-order valence-corrected chi connectivity index (χ4v) is 2.58. The van der Waals surface area contributed by atoms with Gasteiger partial charge in [0.05, 0.1) is 28.1 Å². The number of hydrogen-bond acceptors (Lipinski definition) is 3. The fourth-order valence-electron chi connectivity index (χ4n) is 1.80. The Morgan fingerprint density at radius 1 is 1.35 bits per heavy atom. The second kappa shape index (κ2) is 5.98. The van der Waals surface area contributed by atoms with Crippen LogP contribution >= 0.6 is 15.9 Å². The monoisotopic (exact) mass is 304 g/mol. The van der Waals surface area contributed by atoms with Crippen molar-refractivity contribution in [2.45, 2.75) is 45.8 Å². The third-order valence-corrected chi connectivity index (χ3v) is 3.90. The third kappa shape index (κ3) is 3.30. The molecule has 0 aromatic carbocycles. The second-order valence-corrected chi connectivity index (χ2v) is 5.48. The van der Waals surface area contributed by atoms with Gasteiger partial charge in [0.25, 0.3) is 0 Å². The summed E-state index contributed by atoms with van der Waals surface area (Å²) in [4.78, 5) is 0. The van der Waals surface area contributed by atoms with Crippen LogP contribution in [0.3, 0.4) is 0 Å². The minimum absolute atomic E-state index is 0.0441. The lowest BCUT2D eigenvalue weighted by Crippen LogP contribution is -2.33. The predicted molar refractivity (Wildman–Crippen MR) is 70.8 cm³/mol. The van der Waals surface area contributed by atoms with Gasteiger partial charge in [-0.3, -0.25) is 4.68 Å². The molecule has 2 unspecified atom stereocenters. The summed E-state index contributed by atoms with van der Waals surface area (Å²) in [5.74, 6) is 0.0441. The molecule has 0 fully saturated rings. The van der Waals surface area contributed by atoms with Crippen LogP contribution in [-0.2, 0) is 19.9 Å². The first-order valence-corrected chi connectivity index (χ1v) is 6.74. The van der Waals surface area contributed by atoms with E-state index in [4.69, 9.17) is 0 Å². The zero-order valence-electron chi connectivity index (χ0n) is 10.8. The average Bonchev–Trinajstić information content (AvgIpc) is 2.55. The number of aryl methyl sites for hydroxylation is 2. The summed E-state index contributed by atoms with van der Waals surface area (Å²) in [6.07, 6.45) is -0.214. The van der Waals surface area contributed by atoms with Gasteiger partial charge in [0, 0.05) is 13.5 Å². The van der Waals surface area contributed by atoms with Crippen molar-refractivity contribution < 1.29 is 10.2 Å². The van der Waals surface area contributed by atoms with Crippen molar-refractivity contribution in [2.75, 3.05) is 0 Å². The van der Waals surface area contributed by atoms with Crippen molar-refractivity contribution in [1.29, 1.82) is 0 Å². The molecule has 0 saturated carbocycles. The molecule has 17 heavy (non-hydrogen) atoms. The van der Waals surface area contributed by atoms with Crippen LogP contribution in [-0.4, -0.2) is 32.2 Å². The lowest BCUT2D eigenvalue weighted by Gasteiger charge is -2.21. The molecule has 0 aliphatic heterocycles. The number of nitrogens with zero attached hydrogens (tertiary/aromatic N) is 2. The highest BCUT2D eigenvalue weighted by atomic mass is 79.9. The smallest absolute Gasteiger partial charge is 0.0857 e. The Kier molecular flexibility index (Phi) is 5.16. The predicted octanol–water partition coefficient (Wildman–Crippen LogP) is 1.67. The molecule has 4 nitrogen and oxygen atoms in total. The Morgan fingerprint density at radius 2 is 1.94 bits per heavy atom. The Labute approximate surface area is 111 Å². The van der Waals surface area contributed by atoms with E-state index in [0.29, 0.717) is 6.42 Å². The van der Waals surface area contributed by atoms with Gasteiger partial charge in [0.15, 0.2) is 0 Å². The molecule has 1 aromatic rings. The summed E-state index contributed by atoms with van der Waals surface area (Å²) in [5.41, 5.74) is 1.91. The summed E-state index contributed by atoms with van der Waals surface area (Å²) in [6, 6.07) is 0. The van der Waals surface area contributed by atoms with Crippen LogP contribution in [0.15, 0.2) is 4.47 Å². The van der Waals surface area contributed by atoms with Crippen molar-refractivity contribution in [3.8, 4) is 0 Å². The topological polar surface area (TPSA) is 58.3 Å². The quantitative estimate of drug-likeness (QED) is 0.870. The van der Waals surface area contributed by atoms with E-state index in [2.05, 4.69) is 21.0 Å². The maximum atomic E-state index is 9.96. The SMILES string of the molecule is CCc1nn(C)c(CC(O)C(O)C(C)C)c1Br.